The molecule has 0 fully saturated rings. The van der Waals surface area contributed by atoms with Crippen LogP contribution in [-0.2, 0) is 19.4 Å². The number of carbonyl (C=O) groups excluding carboxylic acids is 1. The van der Waals surface area contributed by atoms with Crippen molar-refractivity contribution in [1.29, 1.82) is 0 Å². The molecule has 3 aromatic carbocycles. The highest BCUT2D eigenvalue weighted by Crippen LogP contribution is 2.21. The number of hydrogen-bond acceptors (Lipinski definition) is 3. The maximum absolute atomic E-state index is 12.3. The number of hydrogen-bond donors (Lipinski definition) is 1. The third kappa shape index (κ3) is 7.56. The minimum atomic E-state index is -0.0244. The standard InChI is InChI=1S/C31H34BrN3O2/c1-2-11-24-12-5-8-15-29(24)37-23-10-22-35-28-14-7-6-13-27(28)34-30(35)16-4-3-9-21-33-31(36)25-17-19-26(32)20-18-25/h2,5-8,12-15,17-20H,1,3-4,9-11,16,21-23H2,(H,33,36). The fraction of sp³-hybridized carbons (Fsp3) is 0.290. The van der Waals surface area contributed by atoms with Gasteiger partial charge in [-0.25, -0.2) is 4.98 Å². The van der Waals surface area contributed by atoms with Crippen molar-refractivity contribution in [3.05, 3.63) is 107 Å². The zero-order valence-electron chi connectivity index (χ0n) is 21.2. The van der Waals surface area contributed by atoms with E-state index in [1.807, 2.05) is 54.6 Å². The molecule has 0 unspecified atom stereocenters. The Labute approximate surface area is 227 Å². The number of para-hydroxylation sites is 3. The number of fused-ring (bicyclic) bond motifs is 1. The molecule has 0 aliphatic heterocycles. The number of carbonyl (C=O) groups is 1. The zero-order valence-corrected chi connectivity index (χ0v) is 22.8. The van der Waals surface area contributed by atoms with Gasteiger partial charge >= 0.3 is 0 Å². The first-order valence-electron chi connectivity index (χ1n) is 12.9. The van der Waals surface area contributed by atoms with Crippen molar-refractivity contribution in [1.82, 2.24) is 14.9 Å². The topological polar surface area (TPSA) is 56.1 Å². The number of amides is 1. The smallest absolute Gasteiger partial charge is 0.251 e. The third-order valence-corrected chi connectivity index (χ3v) is 6.85. The fourth-order valence-electron chi connectivity index (χ4n) is 4.43. The first kappa shape index (κ1) is 26.7. The molecule has 37 heavy (non-hydrogen) atoms. The molecule has 1 amide bonds. The molecule has 1 heterocycles. The van der Waals surface area contributed by atoms with Gasteiger partial charge in [0.1, 0.15) is 11.6 Å². The zero-order chi connectivity index (χ0) is 25.9. The molecule has 0 aliphatic carbocycles. The highest BCUT2D eigenvalue weighted by Gasteiger charge is 2.11. The average Bonchev–Trinajstić information content (AvgIpc) is 3.27. The highest BCUT2D eigenvalue weighted by molar-refractivity contribution is 9.10. The van der Waals surface area contributed by atoms with Gasteiger partial charge in [0.05, 0.1) is 17.6 Å². The Morgan fingerprint density at radius 2 is 1.76 bits per heavy atom. The molecule has 4 aromatic rings. The van der Waals surface area contributed by atoms with Crippen LogP contribution in [0.25, 0.3) is 11.0 Å². The van der Waals surface area contributed by atoms with Crippen LogP contribution in [0.4, 0.5) is 0 Å². The molecule has 5 nitrogen and oxygen atoms in total. The number of nitrogens with one attached hydrogen (secondary N) is 1. The Bertz CT molecular complexity index is 1310. The monoisotopic (exact) mass is 559 g/mol. The van der Waals surface area contributed by atoms with Crippen molar-refractivity contribution < 1.29 is 9.53 Å². The molecule has 0 saturated carbocycles. The van der Waals surface area contributed by atoms with Crippen molar-refractivity contribution in [3.8, 4) is 5.75 Å². The molecule has 0 aliphatic rings. The summed E-state index contributed by atoms with van der Waals surface area (Å²) >= 11 is 3.40. The van der Waals surface area contributed by atoms with E-state index in [2.05, 4.69) is 56.7 Å². The molecule has 0 atom stereocenters. The van der Waals surface area contributed by atoms with E-state index in [0.717, 1.165) is 66.6 Å². The molecule has 192 valence electrons. The Morgan fingerprint density at radius 1 is 0.973 bits per heavy atom. The fourth-order valence-corrected chi connectivity index (χ4v) is 4.69. The van der Waals surface area contributed by atoms with Crippen molar-refractivity contribution in [3.63, 3.8) is 0 Å². The summed E-state index contributed by atoms with van der Waals surface area (Å²) in [5, 5.41) is 3.02. The lowest BCUT2D eigenvalue weighted by Gasteiger charge is -2.12. The molecule has 0 spiro atoms. The minimum absolute atomic E-state index is 0.0244. The Hall–Kier alpha value is -3.38. The number of benzene rings is 3. The number of halogens is 1. The summed E-state index contributed by atoms with van der Waals surface area (Å²) < 4.78 is 9.41. The van der Waals surface area contributed by atoms with Crippen LogP contribution in [0.2, 0.25) is 0 Å². The van der Waals surface area contributed by atoms with Crippen molar-refractivity contribution in [2.45, 2.75) is 45.1 Å². The largest absolute Gasteiger partial charge is 0.493 e. The number of allylic oxidation sites excluding steroid dienone is 1. The number of unbranched alkanes of at least 4 members (excludes halogenated alkanes) is 2. The van der Waals surface area contributed by atoms with E-state index < -0.39 is 0 Å². The van der Waals surface area contributed by atoms with Gasteiger partial charge in [0, 0.05) is 29.5 Å². The second-order valence-corrected chi connectivity index (χ2v) is 9.96. The molecular weight excluding hydrogens is 526 g/mol. The van der Waals surface area contributed by atoms with Gasteiger partial charge < -0.3 is 14.6 Å². The van der Waals surface area contributed by atoms with Gasteiger partial charge in [-0.05, 0) is 73.7 Å². The Morgan fingerprint density at radius 3 is 2.59 bits per heavy atom. The molecule has 1 N–H and O–H groups in total. The second kappa shape index (κ2) is 13.8. The highest BCUT2D eigenvalue weighted by atomic mass is 79.9. The summed E-state index contributed by atoms with van der Waals surface area (Å²) in [6.45, 7) is 6.04. The van der Waals surface area contributed by atoms with E-state index in [0.29, 0.717) is 18.7 Å². The molecular formula is C31H34BrN3O2. The van der Waals surface area contributed by atoms with Crippen LogP contribution in [0.3, 0.4) is 0 Å². The lowest BCUT2D eigenvalue weighted by molar-refractivity contribution is 0.0953. The van der Waals surface area contributed by atoms with E-state index in [-0.39, 0.29) is 5.91 Å². The average molecular weight is 561 g/mol. The number of rotatable bonds is 14. The number of aryl methyl sites for hydroxylation is 2. The molecule has 1 aromatic heterocycles. The number of ether oxygens (including phenoxy) is 1. The van der Waals surface area contributed by atoms with Crippen LogP contribution in [0.5, 0.6) is 5.75 Å². The number of nitrogens with zero attached hydrogens (tertiary/aromatic N) is 2. The Balaban J connectivity index is 1.25. The normalized spacial score (nSPS) is 10.9. The lowest BCUT2D eigenvalue weighted by Crippen LogP contribution is -2.24. The summed E-state index contributed by atoms with van der Waals surface area (Å²) in [6.07, 6.45) is 7.54. The lowest BCUT2D eigenvalue weighted by atomic mass is 10.1. The SMILES string of the molecule is C=CCc1ccccc1OCCCn1c(CCCCCNC(=O)c2ccc(Br)cc2)nc2ccccc21. The quantitative estimate of drug-likeness (QED) is 0.132. The minimum Gasteiger partial charge on any atom is -0.493 e. The van der Waals surface area contributed by atoms with Gasteiger partial charge in [-0.15, -0.1) is 6.58 Å². The van der Waals surface area contributed by atoms with Crippen LogP contribution in [0, 0.1) is 0 Å². The first-order valence-corrected chi connectivity index (χ1v) is 13.7. The van der Waals surface area contributed by atoms with E-state index in [4.69, 9.17) is 9.72 Å². The first-order chi connectivity index (χ1) is 18.2. The summed E-state index contributed by atoms with van der Waals surface area (Å²) in [7, 11) is 0. The molecule has 0 radical (unpaired) electrons. The summed E-state index contributed by atoms with van der Waals surface area (Å²) in [4.78, 5) is 17.2. The van der Waals surface area contributed by atoms with Crippen molar-refractivity contribution >= 4 is 32.9 Å². The van der Waals surface area contributed by atoms with Gasteiger partial charge in [-0.2, -0.15) is 0 Å². The van der Waals surface area contributed by atoms with Gasteiger partial charge in [0.25, 0.3) is 5.91 Å². The molecule has 6 heteroatoms. The summed E-state index contributed by atoms with van der Waals surface area (Å²) in [5.74, 6) is 2.03. The summed E-state index contributed by atoms with van der Waals surface area (Å²) in [5.41, 5.74) is 4.06. The number of imidazole rings is 1. The second-order valence-electron chi connectivity index (χ2n) is 9.04. The van der Waals surface area contributed by atoms with Crippen molar-refractivity contribution in [2.75, 3.05) is 13.2 Å². The van der Waals surface area contributed by atoms with Crippen LogP contribution < -0.4 is 10.1 Å². The maximum atomic E-state index is 12.3. The van der Waals surface area contributed by atoms with Gasteiger partial charge in [0.15, 0.2) is 0 Å². The predicted molar refractivity (Wildman–Crippen MR) is 154 cm³/mol. The van der Waals surface area contributed by atoms with Crippen LogP contribution >= 0.6 is 15.9 Å². The van der Waals surface area contributed by atoms with E-state index in [9.17, 15) is 4.79 Å². The number of aromatic nitrogens is 2. The molecule has 0 saturated heterocycles. The van der Waals surface area contributed by atoms with Gasteiger partial charge in [0.2, 0.25) is 0 Å². The third-order valence-electron chi connectivity index (χ3n) is 6.32. The predicted octanol–water partition coefficient (Wildman–Crippen LogP) is 7.14. The van der Waals surface area contributed by atoms with E-state index >= 15 is 0 Å². The molecule has 4 rings (SSSR count). The van der Waals surface area contributed by atoms with E-state index in [1.54, 1.807) is 0 Å². The van der Waals surface area contributed by atoms with Crippen LogP contribution in [0.1, 0.15) is 47.4 Å². The van der Waals surface area contributed by atoms with Gasteiger partial charge in [-0.1, -0.05) is 58.8 Å². The maximum Gasteiger partial charge on any atom is 0.251 e. The van der Waals surface area contributed by atoms with Crippen LogP contribution in [0.15, 0.2) is 89.9 Å². The van der Waals surface area contributed by atoms with E-state index in [1.165, 1.54) is 11.1 Å². The summed E-state index contributed by atoms with van der Waals surface area (Å²) in [6, 6.07) is 23.9. The van der Waals surface area contributed by atoms with Gasteiger partial charge in [-0.3, -0.25) is 4.79 Å². The van der Waals surface area contributed by atoms with Crippen molar-refractivity contribution in [2.24, 2.45) is 0 Å². The molecule has 0 bridgehead atoms. The Kier molecular flexibility index (Phi) is 9.95. The van der Waals surface area contributed by atoms with Crippen LogP contribution in [-0.4, -0.2) is 28.6 Å².